The molecule has 17 heavy (non-hydrogen) atoms. The van der Waals surface area contributed by atoms with Crippen molar-refractivity contribution in [2.24, 2.45) is 5.92 Å². The van der Waals surface area contributed by atoms with Gasteiger partial charge >= 0.3 is 0 Å². The summed E-state index contributed by atoms with van der Waals surface area (Å²) in [6.45, 7) is 13.0. The van der Waals surface area contributed by atoms with Crippen LogP contribution in [0.25, 0.3) is 0 Å². The van der Waals surface area contributed by atoms with E-state index >= 15 is 0 Å². The van der Waals surface area contributed by atoms with Crippen LogP contribution in [0.3, 0.4) is 0 Å². The first kappa shape index (κ1) is 12.6. The molecule has 1 saturated carbocycles. The maximum absolute atomic E-state index is 5.95. The van der Waals surface area contributed by atoms with Gasteiger partial charge in [-0.25, -0.2) is 0 Å². The second kappa shape index (κ2) is 5.19. The second-order valence-corrected chi connectivity index (χ2v) is 5.40. The highest BCUT2D eigenvalue weighted by Crippen LogP contribution is 2.43. The lowest BCUT2D eigenvalue weighted by atomic mass is 10.00. The van der Waals surface area contributed by atoms with Crippen LogP contribution in [0.4, 0.5) is 0 Å². The van der Waals surface area contributed by atoms with Gasteiger partial charge in [-0.05, 0) is 38.2 Å². The van der Waals surface area contributed by atoms with Crippen LogP contribution in [-0.2, 0) is 9.47 Å². The Morgan fingerprint density at radius 3 is 2.53 bits per heavy atom. The maximum Gasteiger partial charge on any atom is 0.105 e. The Hall–Kier alpha value is -0.860. The van der Waals surface area contributed by atoms with E-state index in [4.69, 9.17) is 9.47 Å². The molecule has 3 atom stereocenters. The van der Waals surface area contributed by atoms with Crippen molar-refractivity contribution in [1.82, 2.24) is 0 Å². The third kappa shape index (κ3) is 2.88. The van der Waals surface area contributed by atoms with Gasteiger partial charge in [0.2, 0.25) is 0 Å². The van der Waals surface area contributed by atoms with Crippen LogP contribution in [0.1, 0.15) is 26.7 Å². The fraction of sp³-hybridized carbons (Fsp3) is 0.600. The number of allylic oxidation sites excluding steroid dienone is 1. The zero-order chi connectivity index (χ0) is 12.4. The molecule has 0 aromatic rings. The molecule has 2 rings (SSSR count). The highest BCUT2D eigenvalue weighted by atomic mass is 16.5. The largest absolute Gasteiger partial charge is 0.371 e. The number of rotatable bonds is 6. The van der Waals surface area contributed by atoms with E-state index in [1.165, 1.54) is 5.57 Å². The van der Waals surface area contributed by atoms with Gasteiger partial charge in [0.05, 0.1) is 19.3 Å². The normalized spacial score (nSPS) is 30.5. The van der Waals surface area contributed by atoms with Crippen LogP contribution < -0.4 is 0 Å². The molecule has 3 unspecified atom stereocenters. The molecule has 0 heterocycles. The van der Waals surface area contributed by atoms with E-state index < -0.39 is 0 Å². The van der Waals surface area contributed by atoms with Gasteiger partial charge < -0.3 is 9.47 Å². The van der Waals surface area contributed by atoms with Gasteiger partial charge in [-0.1, -0.05) is 30.4 Å². The highest BCUT2D eigenvalue weighted by molar-refractivity contribution is 5.26. The number of hydrogen-bond acceptors (Lipinski definition) is 2. The topological polar surface area (TPSA) is 18.5 Å². The average molecular weight is 234 g/mol. The van der Waals surface area contributed by atoms with E-state index in [1.54, 1.807) is 0 Å². The van der Waals surface area contributed by atoms with Gasteiger partial charge in [0.25, 0.3) is 0 Å². The molecule has 0 aliphatic heterocycles. The predicted octanol–water partition coefficient (Wildman–Crippen LogP) is 3.26. The molecule has 2 aliphatic carbocycles. The Bertz CT molecular complexity index is 354. The summed E-state index contributed by atoms with van der Waals surface area (Å²) in [5.41, 5.74) is 3.55. The summed E-state index contributed by atoms with van der Waals surface area (Å²) in [5, 5.41) is 0. The highest BCUT2D eigenvalue weighted by Gasteiger charge is 2.44. The summed E-state index contributed by atoms with van der Waals surface area (Å²) in [7, 11) is 0. The van der Waals surface area contributed by atoms with Gasteiger partial charge in [0.15, 0.2) is 0 Å². The summed E-state index contributed by atoms with van der Waals surface area (Å²) in [4.78, 5) is 0. The van der Waals surface area contributed by atoms with E-state index in [9.17, 15) is 0 Å². The minimum absolute atomic E-state index is 0.143. The van der Waals surface area contributed by atoms with Crippen LogP contribution in [0, 0.1) is 5.92 Å². The third-order valence-electron chi connectivity index (χ3n) is 3.34. The fourth-order valence-electron chi connectivity index (χ4n) is 2.61. The molecule has 2 heteroatoms. The fourth-order valence-corrected chi connectivity index (χ4v) is 2.61. The van der Waals surface area contributed by atoms with Crippen LogP contribution in [0.2, 0.25) is 0 Å². The van der Waals surface area contributed by atoms with E-state index in [0.29, 0.717) is 19.1 Å². The lowest BCUT2D eigenvalue weighted by Crippen LogP contribution is -2.34. The first-order chi connectivity index (χ1) is 8.08. The summed E-state index contributed by atoms with van der Waals surface area (Å²) in [6.07, 6.45) is 4.95. The lowest BCUT2D eigenvalue weighted by Gasteiger charge is -2.27. The molecule has 0 radical (unpaired) electrons. The molecular weight excluding hydrogens is 212 g/mol. The van der Waals surface area contributed by atoms with Crippen molar-refractivity contribution in [3.63, 3.8) is 0 Å². The van der Waals surface area contributed by atoms with Crippen LogP contribution in [0.15, 0.2) is 36.0 Å². The number of fused-ring (bicyclic) bond motifs is 2. The predicted molar refractivity (Wildman–Crippen MR) is 69.9 cm³/mol. The van der Waals surface area contributed by atoms with Crippen molar-refractivity contribution in [2.45, 2.75) is 38.9 Å². The summed E-state index contributed by atoms with van der Waals surface area (Å²) in [6, 6.07) is 0. The zero-order valence-corrected chi connectivity index (χ0v) is 10.9. The summed E-state index contributed by atoms with van der Waals surface area (Å²) in [5.74, 6) is 0.611. The molecule has 0 N–H and O–H groups in total. The van der Waals surface area contributed by atoms with E-state index in [2.05, 4.69) is 19.2 Å². The Balaban J connectivity index is 1.95. The molecule has 94 valence electrons. The van der Waals surface area contributed by atoms with E-state index in [-0.39, 0.29) is 12.2 Å². The average Bonchev–Trinajstić information content (AvgIpc) is 2.83. The monoisotopic (exact) mass is 234 g/mol. The van der Waals surface area contributed by atoms with Crippen LogP contribution in [-0.4, -0.2) is 25.4 Å². The molecule has 0 spiro atoms. The summed E-state index contributed by atoms with van der Waals surface area (Å²) < 4.78 is 11.9. The number of hydrogen-bond donors (Lipinski definition) is 0. The third-order valence-corrected chi connectivity index (χ3v) is 3.34. The minimum atomic E-state index is 0.143. The van der Waals surface area contributed by atoms with Crippen LogP contribution >= 0.6 is 0 Å². The Labute approximate surface area is 104 Å². The molecule has 0 saturated heterocycles. The van der Waals surface area contributed by atoms with Gasteiger partial charge in [-0.3, -0.25) is 0 Å². The van der Waals surface area contributed by atoms with Crippen molar-refractivity contribution in [3.8, 4) is 0 Å². The van der Waals surface area contributed by atoms with Gasteiger partial charge in [0.1, 0.15) is 6.10 Å². The molecule has 0 aromatic heterocycles. The first-order valence-corrected chi connectivity index (χ1v) is 6.29. The Morgan fingerprint density at radius 1 is 1.24 bits per heavy atom. The van der Waals surface area contributed by atoms with Crippen LogP contribution in [0.5, 0.6) is 0 Å². The van der Waals surface area contributed by atoms with Crippen molar-refractivity contribution in [2.75, 3.05) is 13.2 Å². The van der Waals surface area contributed by atoms with Crippen molar-refractivity contribution in [1.29, 1.82) is 0 Å². The molecule has 1 fully saturated rings. The first-order valence-electron chi connectivity index (χ1n) is 6.29. The Kier molecular flexibility index (Phi) is 3.85. The second-order valence-electron chi connectivity index (χ2n) is 5.40. The van der Waals surface area contributed by atoms with Gasteiger partial charge in [0, 0.05) is 0 Å². The van der Waals surface area contributed by atoms with Crippen molar-refractivity contribution >= 4 is 0 Å². The molecule has 2 nitrogen and oxygen atoms in total. The van der Waals surface area contributed by atoms with Gasteiger partial charge in [-0.15, -0.1) is 0 Å². The maximum atomic E-state index is 5.95. The quantitative estimate of drug-likeness (QED) is 0.657. The van der Waals surface area contributed by atoms with Crippen molar-refractivity contribution in [3.05, 3.63) is 36.0 Å². The van der Waals surface area contributed by atoms with E-state index in [1.807, 2.05) is 13.8 Å². The zero-order valence-electron chi connectivity index (χ0n) is 10.9. The summed E-state index contributed by atoms with van der Waals surface area (Å²) >= 11 is 0. The molecule has 0 aromatic carbocycles. The van der Waals surface area contributed by atoms with Gasteiger partial charge in [-0.2, -0.15) is 0 Å². The SMILES string of the molecule is C=C(C)COC1C2=CCC(C2)C1OCC(=C)C. The minimum Gasteiger partial charge on any atom is -0.371 e. The molecular formula is C15H22O2. The smallest absolute Gasteiger partial charge is 0.105 e. The standard InChI is InChI=1S/C15H22O2/c1-10(2)8-16-14-12-5-6-13(7-12)15(14)17-9-11(3)4/h5,13-15H,1,3,6-9H2,2,4H3. The molecule has 2 aliphatic rings. The molecule has 2 bridgehead atoms. The van der Waals surface area contributed by atoms with Crippen molar-refractivity contribution < 1.29 is 9.47 Å². The Morgan fingerprint density at radius 2 is 1.88 bits per heavy atom. The molecule has 0 amide bonds. The van der Waals surface area contributed by atoms with E-state index in [0.717, 1.165) is 24.0 Å². The lowest BCUT2D eigenvalue weighted by molar-refractivity contribution is -0.0529. The number of ether oxygens (including phenoxy) is 2.